The van der Waals surface area contributed by atoms with E-state index in [-0.39, 0.29) is 18.6 Å². The molecule has 0 spiro atoms. The van der Waals surface area contributed by atoms with Crippen molar-refractivity contribution in [3.8, 4) is 16.2 Å². The molecule has 1 aliphatic rings. The topological polar surface area (TPSA) is 22.1 Å². The second-order valence-electron chi connectivity index (χ2n) is 6.42. The zero-order chi connectivity index (χ0) is 18.3. The van der Waals surface area contributed by atoms with Crippen LogP contribution in [0.5, 0.6) is 5.75 Å². The van der Waals surface area contributed by atoms with Crippen LogP contribution in [0.25, 0.3) is 10.4 Å². The third-order valence-electron chi connectivity index (χ3n) is 4.64. The first-order valence-electron chi connectivity index (χ1n) is 8.30. The van der Waals surface area contributed by atoms with Crippen molar-refractivity contribution in [2.24, 2.45) is 0 Å². The SMILES string of the molecule is Cc1ccc(-c2snc(Cl)c2COc2cccc3c2CCC3(F)F)cc1. The van der Waals surface area contributed by atoms with Crippen LogP contribution in [0.3, 0.4) is 0 Å². The normalized spacial score (nSPS) is 15.1. The Morgan fingerprint density at radius 3 is 2.73 bits per heavy atom. The number of halogens is 3. The van der Waals surface area contributed by atoms with Crippen LogP contribution in [0.2, 0.25) is 5.15 Å². The van der Waals surface area contributed by atoms with Gasteiger partial charge in [-0.2, -0.15) is 4.37 Å². The van der Waals surface area contributed by atoms with Gasteiger partial charge in [-0.25, -0.2) is 8.78 Å². The summed E-state index contributed by atoms with van der Waals surface area (Å²) in [6, 6.07) is 12.9. The molecule has 1 aromatic heterocycles. The van der Waals surface area contributed by atoms with Gasteiger partial charge >= 0.3 is 0 Å². The van der Waals surface area contributed by atoms with Crippen molar-refractivity contribution < 1.29 is 13.5 Å². The van der Waals surface area contributed by atoms with Crippen LogP contribution in [0.15, 0.2) is 42.5 Å². The number of alkyl halides is 2. The molecular weight excluding hydrogens is 376 g/mol. The highest BCUT2D eigenvalue weighted by molar-refractivity contribution is 7.10. The van der Waals surface area contributed by atoms with E-state index in [1.807, 2.05) is 31.2 Å². The quantitative estimate of drug-likeness (QED) is 0.514. The van der Waals surface area contributed by atoms with E-state index in [2.05, 4.69) is 4.37 Å². The summed E-state index contributed by atoms with van der Waals surface area (Å²) in [7, 11) is 0. The van der Waals surface area contributed by atoms with Crippen molar-refractivity contribution in [3.05, 3.63) is 69.9 Å². The fraction of sp³-hybridized carbons (Fsp3) is 0.250. The van der Waals surface area contributed by atoms with Crippen molar-refractivity contribution in [1.82, 2.24) is 4.37 Å². The monoisotopic (exact) mass is 391 g/mol. The zero-order valence-electron chi connectivity index (χ0n) is 14.1. The van der Waals surface area contributed by atoms with E-state index < -0.39 is 5.92 Å². The molecule has 2 nitrogen and oxygen atoms in total. The Labute approximate surface area is 159 Å². The molecule has 4 rings (SSSR count). The molecule has 0 saturated heterocycles. The van der Waals surface area contributed by atoms with Gasteiger partial charge in [0.15, 0.2) is 0 Å². The van der Waals surface area contributed by atoms with Crippen molar-refractivity contribution in [3.63, 3.8) is 0 Å². The highest BCUT2D eigenvalue weighted by Gasteiger charge is 2.40. The molecule has 0 fully saturated rings. The molecule has 0 N–H and O–H groups in total. The largest absolute Gasteiger partial charge is 0.488 e. The number of ether oxygens (including phenoxy) is 1. The second kappa shape index (κ2) is 6.63. The molecule has 134 valence electrons. The molecule has 0 aliphatic heterocycles. The standard InChI is InChI=1S/C20H16ClF2NOS/c1-12-5-7-13(8-6-12)18-15(19(21)24-26-18)11-25-17-4-2-3-16-14(17)9-10-20(16,22)23/h2-8H,9-11H2,1H3. The van der Waals surface area contributed by atoms with Crippen LogP contribution in [0.4, 0.5) is 8.78 Å². The number of nitrogens with zero attached hydrogens (tertiary/aromatic N) is 1. The predicted molar refractivity (Wildman–Crippen MR) is 100 cm³/mol. The summed E-state index contributed by atoms with van der Waals surface area (Å²) in [5, 5.41) is 0.392. The minimum atomic E-state index is -2.77. The number of aromatic nitrogens is 1. The molecule has 0 unspecified atom stereocenters. The average molecular weight is 392 g/mol. The fourth-order valence-electron chi connectivity index (χ4n) is 3.21. The predicted octanol–water partition coefficient (Wildman–Crippen LogP) is 6.39. The summed E-state index contributed by atoms with van der Waals surface area (Å²) in [5.41, 5.74) is 3.63. The van der Waals surface area contributed by atoms with Crippen LogP contribution >= 0.6 is 23.1 Å². The highest BCUT2D eigenvalue weighted by Crippen LogP contribution is 2.45. The van der Waals surface area contributed by atoms with E-state index in [4.69, 9.17) is 16.3 Å². The van der Waals surface area contributed by atoms with Crippen molar-refractivity contribution in [1.29, 1.82) is 0 Å². The summed E-state index contributed by atoms with van der Waals surface area (Å²) < 4.78 is 38.0. The lowest BCUT2D eigenvalue weighted by Crippen LogP contribution is -2.07. The number of fused-ring (bicyclic) bond motifs is 1. The van der Waals surface area contributed by atoms with Gasteiger partial charge in [0, 0.05) is 23.1 Å². The molecule has 2 aromatic carbocycles. The van der Waals surface area contributed by atoms with Crippen LogP contribution in [0, 0.1) is 6.92 Å². The third kappa shape index (κ3) is 3.10. The summed E-state index contributed by atoms with van der Waals surface area (Å²) in [6.45, 7) is 2.22. The first-order valence-corrected chi connectivity index (χ1v) is 9.45. The lowest BCUT2D eigenvalue weighted by atomic mass is 10.1. The molecule has 0 radical (unpaired) electrons. The Hall–Kier alpha value is -1.98. The number of hydrogen-bond acceptors (Lipinski definition) is 3. The third-order valence-corrected chi connectivity index (χ3v) is 5.99. The summed E-state index contributed by atoms with van der Waals surface area (Å²) in [4.78, 5) is 0.938. The van der Waals surface area contributed by atoms with Gasteiger partial charge in [-0.05, 0) is 36.5 Å². The maximum absolute atomic E-state index is 13.9. The van der Waals surface area contributed by atoms with Crippen LogP contribution in [0.1, 0.15) is 28.7 Å². The lowest BCUT2D eigenvalue weighted by molar-refractivity contribution is -0.00186. The average Bonchev–Trinajstić information content (AvgIpc) is 3.14. The summed E-state index contributed by atoms with van der Waals surface area (Å²) in [6.07, 6.45) is 0.150. The van der Waals surface area contributed by atoms with E-state index in [9.17, 15) is 8.78 Å². The molecule has 1 aliphatic carbocycles. The molecular formula is C20H16ClF2NOS. The second-order valence-corrected chi connectivity index (χ2v) is 7.55. The maximum Gasteiger partial charge on any atom is 0.273 e. The van der Waals surface area contributed by atoms with Gasteiger partial charge in [-0.15, -0.1) is 0 Å². The van der Waals surface area contributed by atoms with Crippen LogP contribution < -0.4 is 4.74 Å². The fourth-order valence-corrected chi connectivity index (χ4v) is 4.31. The smallest absolute Gasteiger partial charge is 0.273 e. The van der Waals surface area contributed by atoms with E-state index in [1.54, 1.807) is 12.1 Å². The van der Waals surface area contributed by atoms with Gasteiger partial charge in [0.05, 0.1) is 4.88 Å². The van der Waals surface area contributed by atoms with Gasteiger partial charge in [0.2, 0.25) is 0 Å². The number of aryl methyl sites for hydroxylation is 1. The summed E-state index contributed by atoms with van der Waals surface area (Å²) >= 11 is 7.57. The first-order chi connectivity index (χ1) is 12.5. The van der Waals surface area contributed by atoms with Gasteiger partial charge < -0.3 is 4.74 Å². The van der Waals surface area contributed by atoms with Gasteiger partial charge in [0.25, 0.3) is 5.92 Å². The van der Waals surface area contributed by atoms with E-state index in [0.717, 1.165) is 16.0 Å². The molecule has 3 aromatic rings. The maximum atomic E-state index is 13.9. The van der Waals surface area contributed by atoms with E-state index in [0.29, 0.717) is 22.9 Å². The Morgan fingerprint density at radius 1 is 1.19 bits per heavy atom. The van der Waals surface area contributed by atoms with Gasteiger partial charge in [0.1, 0.15) is 17.5 Å². The minimum absolute atomic E-state index is 0.0725. The minimum Gasteiger partial charge on any atom is -0.488 e. The van der Waals surface area contributed by atoms with E-state index >= 15 is 0 Å². The van der Waals surface area contributed by atoms with Gasteiger partial charge in [-0.1, -0.05) is 53.6 Å². The zero-order valence-corrected chi connectivity index (χ0v) is 15.6. The van der Waals surface area contributed by atoms with Crippen molar-refractivity contribution >= 4 is 23.1 Å². The number of benzene rings is 2. The van der Waals surface area contributed by atoms with Crippen molar-refractivity contribution in [2.45, 2.75) is 32.3 Å². The van der Waals surface area contributed by atoms with Crippen molar-refractivity contribution in [2.75, 3.05) is 0 Å². The lowest BCUT2D eigenvalue weighted by Gasteiger charge is -2.13. The molecule has 0 saturated carbocycles. The Bertz CT molecular complexity index is 953. The molecule has 0 atom stereocenters. The molecule has 0 bridgehead atoms. The highest BCUT2D eigenvalue weighted by atomic mass is 35.5. The Kier molecular flexibility index (Phi) is 4.45. The molecule has 0 amide bonds. The first kappa shape index (κ1) is 17.4. The van der Waals surface area contributed by atoms with Gasteiger partial charge in [-0.3, -0.25) is 0 Å². The number of hydrogen-bond donors (Lipinski definition) is 0. The molecule has 6 heteroatoms. The molecule has 1 heterocycles. The number of rotatable bonds is 4. The Balaban J connectivity index is 1.62. The van der Waals surface area contributed by atoms with E-state index in [1.165, 1.54) is 23.2 Å². The molecule has 26 heavy (non-hydrogen) atoms. The summed E-state index contributed by atoms with van der Waals surface area (Å²) in [5.74, 6) is -2.28. The van der Waals surface area contributed by atoms with Crippen LogP contribution in [-0.2, 0) is 19.0 Å². The van der Waals surface area contributed by atoms with Crippen LogP contribution in [-0.4, -0.2) is 4.37 Å². The Morgan fingerprint density at radius 2 is 1.96 bits per heavy atom.